The van der Waals surface area contributed by atoms with Crippen LogP contribution in [0.4, 0.5) is 0 Å². The Labute approximate surface area is 286 Å². The summed E-state index contributed by atoms with van der Waals surface area (Å²) in [5.41, 5.74) is 8.76. The minimum absolute atomic E-state index is 0.146. The zero-order valence-corrected chi connectivity index (χ0v) is 29.7. The second-order valence-corrected chi connectivity index (χ2v) is 13.3. The number of benzene rings is 1. The molecule has 12 nitrogen and oxygen atoms in total. The van der Waals surface area contributed by atoms with Crippen molar-refractivity contribution in [2.24, 2.45) is 11.7 Å². The van der Waals surface area contributed by atoms with Crippen molar-refractivity contribution in [3.05, 3.63) is 28.8 Å². The van der Waals surface area contributed by atoms with Crippen LogP contribution in [-0.2, 0) is 35.1 Å². The molecule has 1 fully saturated rings. The molecule has 0 aromatic heterocycles. The lowest BCUT2D eigenvalue weighted by molar-refractivity contribution is -0.140. The van der Waals surface area contributed by atoms with Gasteiger partial charge in [-0.2, -0.15) is 0 Å². The van der Waals surface area contributed by atoms with Gasteiger partial charge in [-0.3, -0.25) is 24.0 Å². The van der Waals surface area contributed by atoms with Crippen molar-refractivity contribution >= 4 is 29.6 Å². The number of aromatic hydroxyl groups is 1. The predicted molar refractivity (Wildman–Crippen MR) is 185 cm³/mol. The minimum atomic E-state index is -0.913. The van der Waals surface area contributed by atoms with Gasteiger partial charge in [-0.15, -0.1) is 0 Å². The molecule has 1 saturated carbocycles. The molecule has 0 unspecified atom stereocenters. The Morgan fingerprint density at radius 1 is 0.958 bits per heavy atom. The molecule has 4 amide bonds. The predicted octanol–water partition coefficient (Wildman–Crippen LogP) is 3.32. The average Bonchev–Trinajstić information content (AvgIpc) is 3.06. The fraction of sp³-hybridized carbons (Fsp3) is 0.694. The molecule has 0 spiro atoms. The number of methoxy groups -OCH3 is 1. The Balaban J connectivity index is 1.98. The fourth-order valence-electron chi connectivity index (χ4n) is 6.35. The fourth-order valence-corrected chi connectivity index (χ4v) is 6.35. The van der Waals surface area contributed by atoms with Crippen LogP contribution >= 0.6 is 0 Å². The summed E-state index contributed by atoms with van der Waals surface area (Å²) >= 11 is 0. The molecule has 3 atom stereocenters. The lowest BCUT2D eigenvalue weighted by Gasteiger charge is -2.29. The third-order valence-corrected chi connectivity index (χ3v) is 9.25. The maximum atomic E-state index is 13.5. The normalized spacial score (nSPS) is 15.1. The van der Waals surface area contributed by atoms with Crippen molar-refractivity contribution < 1.29 is 33.8 Å². The van der Waals surface area contributed by atoms with E-state index in [2.05, 4.69) is 20.7 Å². The third kappa shape index (κ3) is 14.2. The largest absolute Gasteiger partial charge is 0.508 e. The first-order valence-electron chi connectivity index (χ1n) is 17.6. The highest BCUT2D eigenvalue weighted by atomic mass is 16.5. The van der Waals surface area contributed by atoms with Crippen LogP contribution in [0, 0.1) is 19.8 Å². The van der Waals surface area contributed by atoms with Crippen molar-refractivity contribution in [3.8, 4) is 5.75 Å². The number of hydrogen-bond acceptors (Lipinski definition) is 8. The first-order valence-corrected chi connectivity index (χ1v) is 17.6. The van der Waals surface area contributed by atoms with E-state index in [1.165, 1.54) is 13.5 Å². The van der Waals surface area contributed by atoms with Gasteiger partial charge in [0.1, 0.15) is 17.8 Å². The van der Waals surface area contributed by atoms with Crippen molar-refractivity contribution in [2.45, 2.75) is 129 Å². The summed E-state index contributed by atoms with van der Waals surface area (Å²) in [6, 6.07) is 0.748. The first-order chi connectivity index (χ1) is 22.9. The van der Waals surface area contributed by atoms with Crippen LogP contribution in [0.5, 0.6) is 5.75 Å². The van der Waals surface area contributed by atoms with Gasteiger partial charge in [0.2, 0.25) is 23.6 Å². The summed E-state index contributed by atoms with van der Waals surface area (Å²) in [5.74, 6) is -1.38. The summed E-state index contributed by atoms with van der Waals surface area (Å²) in [7, 11) is 3.09. The van der Waals surface area contributed by atoms with Gasteiger partial charge in [-0.25, -0.2) is 0 Å². The summed E-state index contributed by atoms with van der Waals surface area (Å²) < 4.78 is 4.68. The topological polar surface area (TPSA) is 180 Å². The number of nitrogens with two attached hydrogens (primary N) is 1. The smallest absolute Gasteiger partial charge is 0.305 e. The maximum Gasteiger partial charge on any atom is 0.305 e. The summed E-state index contributed by atoms with van der Waals surface area (Å²) in [6.45, 7) is 5.84. The minimum Gasteiger partial charge on any atom is -0.508 e. The molecule has 0 aliphatic heterocycles. The Hall–Kier alpha value is -3.67. The Bertz CT molecular complexity index is 1190. The number of phenolic OH excluding ortho intramolecular Hbond substituents is 1. The zero-order valence-electron chi connectivity index (χ0n) is 29.7. The molecular formula is C36H59N5O7. The van der Waals surface area contributed by atoms with E-state index in [9.17, 15) is 29.1 Å². The highest BCUT2D eigenvalue weighted by Crippen LogP contribution is 2.28. The number of unbranched alkanes of at least 4 members (excludes halogenated alkanes) is 3. The SMILES string of the molecule is CCCC[C@@H](NC(=O)[C@@H](N)Cc1c(C)cc(O)cc1C)C(=O)NCC(=O)N[C@@H](CC1CCCCC1)C(=O)N(C)CCCCCC(=O)OC. The summed E-state index contributed by atoms with van der Waals surface area (Å²) in [4.78, 5) is 65.9. The number of phenols is 1. The van der Waals surface area contributed by atoms with Crippen LogP contribution < -0.4 is 21.7 Å². The van der Waals surface area contributed by atoms with E-state index in [4.69, 9.17) is 5.73 Å². The highest BCUT2D eigenvalue weighted by Gasteiger charge is 2.29. The van der Waals surface area contributed by atoms with Gasteiger partial charge in [0.05, 0.1) is 19.7 Å². The number of aryl methyl sites for hydroxylation is 2. The van der Waals surface area contributed by atoms with Crippen LogP contribution in [0.2, 0.25) is 0 Å². The first kappa shape index (κ1) is 40.5. The van der Waals surface area contributed by atoms with Gasteiger partial charge in [0, 0.05) is 20.0 Å². The molecule has 12 heteroatoms. The standard InChI is InChI=1S/C36H59N5O7/c1-6-7-16-30(40-34(45)29(37)22-28-24(2)19-27(42)20-25(28)3)35(46)38-23-32(43)39-31(21-26-14-10-8-11-15-26)36(47)41(4)18-13-9-12-17-33(44)48-5/h19-20,26,29-31,42H,6-18,21-23,37H2,1-5H3,(H,38,46)(H,39,43)(H,40,45)/t29-,30+,31-/m0/s1. The Kier molecular flexibility index (Phi) is 18.0. The van der Waals surface area contributed by atoms with Crippen molar-refractivity contribution in [1.82, 2.24) is 20.9 Å². The molecule has 48 heavy (non-hydrogen) atoms. The second kappa shape index (κ2) is 21.3. The Morgan fingerprint density at radius 2 is 1.62 bits per heavy atom. The van der Waals surface area contributed by atoms with Gasteiger partial charge >= 0.3 is 5.97 Å². The number of nitrogens with zero attached hydrogens (tertiary/aromatic N) is 1. The molecule has 6 N–H and O–H groups in total. The molecule has 0 heterocycles. The van der Waals surface area contributed by atoms with Crippen LogP contribution in [0.25, 0.3) is 0 Å². The third-order valence-electron chi connectivity index (χ3n) is 9.25. The highest BCUT2D eigenvalue weighted by molar-refractivity contribution is 5.93. The van der Waals surface area contributed by atoms with Gasteiger partial charge in [-0.05, 0) is 80.7 Å². The molecule has 0 radical (unpaired) electrons. The van der Waals surface area contributed by atoms with Crippen molar-refractivity contribution in [2.75, 3.05) is 27.2 Å². The van der Waals surface area contributed by atoms with Crippen LogP contribution in [-0.4, -0.2) is 85.0 Å². The molecule has 1 aromatic rings. The number of carbonyl (C=O) groups is 5. The molecule has 1 aliphatic carbocycles. The van der Waals surface area contributed by atoms with E-state index in [0.717, 1.165) is 61.6 Å². The van der Waals surface area contributed by atoms with Gasteiger partial charge in [0.15, 0.2) is 0 Å². The monoisotopic (exact) mass is 673 g/mol. The molecule has 1 aliphatic rings. The quantitative estimate of drug-likeness (QED) is 0.103. The molecule has 270 valence electrons. The number of rotatable bonds is 20. The van der Waals surface area contributed by atoms with E-state index in [-0.39, 0.29) is 30.6 Å². The van der Waals surface area contributed by atoms with E-state index < -0.39 is 35.8 Å². The number of nitrogens with one attached hydrogen (secondary N) is 3. The number of likely N-dealkylation sites (N-methyl/N-ethyl adjacent to an activating group) is 1. The molecule has 1 aromatic carbocycles. The summed E-state index contributed by atoms with van der Waals surface area (Å²) in [6.07, 6.45) is 10.6. The van der Waals surface area contributed by atoms with E-state index in [0.29, 0.717) is 44.6 Å². The maximum absolute atomic E-state index is 13.5. The van der Waals surface area contributed by atoms with Gasteiger partial charge in [-0.1, -0.05) is 58.3 Å². The lowest BCUT2D eigenvalue weighted by Crippen LogP contribution is -2.54. The Morgan fingerprint density at radius 3 is 2.25 bits per heavy atom. The molecule has 0 saturated heterocycles. The lowest BCUT2D eigenvalue weighted by atomic mass is 9.84. The molecular weight excluding hydrogens is 614 g/mol. The number of ether oxygens (including phenoxy) is 1. The van der Waals surface area contributed by atoms with E-state index >= 15 is 0 Å². The summed E-state index contributed by atoms with van der Waals surface area (Å²) in [5, 5.41) is 18.1. The molecule has 0 bridgehead atoms. The van der Waals surface area contributed by atoms with Gasteiger partial charge in [0.25, 0.3) is 0 Å². The number of amides is 4. The van der Waals surface area contributed by atoms with Crippen LogP contribution in [0.1, 0.15) is 107 Å². The number of esters is 1. The number of carbonyl (C=O) groups excluding carboxylic acids is 5. The van der Waals surface area contributed by atoms with Crippen LogP contribution in [0.15, 0.2) is 12.1 Å². The average molecular weight is 674 g/mol. The van der Waals surface area contributed by atoms with Crippen molar-refractivity contribution in [3.63, 3.8) is 0 Å². The second-order valence-electron chi connectivity index (χ2n) is 13.3. The number of hydrogen-bond donors (Lipinski definition) is 5. The van der Waals surface area contributed by atoms with Crippen molar-refractivity contribution in [1.29, 1.82) is 0 Å². The zero-order chi connectivity index (χ0) is 35.6. The van der Waals surface area contributed by atoms with E-state index in [1.807, 2.05) is 20.8 Å². The molecule has 2 rings (SSSR count). The van der Waals surface area contributed by atoms with E-state index in [1.54, 1.807) is 24.1 Å². The van der Waals surface area contributed by atoms with Crippen LogP contribution in [0.3, 0.4) is 0 Å². The van der Waals surface area contributed by atoms with Gasteiger partial charge < -0.3 is 36.4 Å².